The van der Waals surface area contributed by atoms with E-state index in [1.807, 2.05) is 0 Å². The Kier molecular flexibility index (Phi) is 6.50. The normalized spacial score (nSPS) is 12.2. The maximum atomic E-state index is 12.3. The predicted molar refractivity (Wildman–Crippen MR) is 84.8 cm³/mol. The third-order valence-electron chi connectivity index (χ3n) is 2.92. The van der Waals surface area contributed by atoms with Gasteiger partial charge < -0.3 is 4.55 Å². The van der Waals surface area contributed by atoms with Gasteiger partial charge in [0.1, 0.15) is 10.1 Å². The zero-order chi connectivity index (χ0) is 18.2. The molecule has 0 saturated carbocycles. The van der Waals surface area contributed by atoms with Crippen molar-refractivity contribution in [3.63, 3.8) is 0 Å². The van der Waals surface area contributed by atoms with E-state index in [-0.39, 0.29) is 34.3 Å². The van der Waals surface area contributed by atoms with Gasteiger partial charge in [-0.25, -0.2) is 25.3 Å². The average molecular weight is 397 g/mol. The van der Waals surface area contributed by atoms with Crippen molar-refractivity contribution in [1.82, 2.24) is 0 Å². The average Bonchev–Trinajstić information content (AvgIpc) is 2.45. The van der Waals surface area contributed by atoms with Crippen molar-refractivity contribution in [2.75, 3.05) is 11.0 Å². The summed E-state index contributed by atoms with van der Waals surface area (Å²) in [4.78, 5) is -1.09. The third-order valence-corrected chi connectivity index (χ3v) is 6.24. The molecule has 2 aromatic carbocycles. The number of sulfonamides is 1. The summed E-state index contributed by atoms with van der Waals surface area (Å²) in [5.74, 6) is 0. The van der Waals surface area contributed by atoms with Crippen LogP contribution in [0.4, 0.5) is 5.69 Å². The van der Waals surface area contributed by atoms with Crippen LogP contribution in [0.3, 0.4) is 0 Å². The van der Waals surface area contributed by atoms with Crippen LogP contribution in [0.1, 0.15) is 0 Å². The Hall–Kier alpha value is -1.35. The minimum atomic E-state index is -4.74. The van der Waals surface area contributed by atoms with Gasteiger partial charge in [-0.05, 0) is 36.4 Å². The monoisotopic (exact) mass is 397 g/mol. The molecule has 0 atom stereocenters. The van der Waals surface area contributed by atoms with E-state index < -0.39 is 34.9 Å². The molecule has 0 radical (unpaired) electrons. The van der Waals surface area contributed by atoms with E-state index in [4.69, 9.17) is 0 Å². The van der Waals surface area contributed by atoms with Crippen molar-refractivity contribution in [1.29, 1.82) is 0 Å². The van der Waals surface area contributed by atoms with Gasteiger partial charge in [0.25, 0.3) is 10.0 Å². The molecule has 0 saturated heterocycles. The molecule has 130 valence electrons. The van der Waals surface area contributed by atoms with Crippen LogP contribution < -0.4 is 23.6 Å². The summed E-state index contributed by atoms with van der Waals surface area (Å²) >= 11 is 0. The van der Waals surface area contributed by atoms with E-state index in [1.54, 1.807) is 0 Å². The number of sulfone groups is 1. The van der Waals surface area contributed by atoms with Crippen molar-refractivity contribution in [2.24, 2.45) is 0 Å². The molecule has 2 aromatic rings. The van der Waals surface area contributed by atoms with Crippen molar-refractivity contribution < 1.29 is 48.7 Å². The summed E-state index contributed by atoms with van der Waals surface area (Å²) in [7, 11) is -12.5. The van der Waals surface area contributed by atoms with Crippen LogP contribution in [0.2, 0.25) is 0 Å². The third kappa shape index (κ3) is 5.57. The molecule has 1 N–H and O–H groups in total. The molecule has 0 aromatic heterocycles. The molecule has 0 spiro atoms. The number of hydrogen-bond donors (Lipinski definition) is 1. The van der Waals surface area contributed by atoms with E-state index in [1.165, 1.54) is 30.3 Å². The summed E-state index contributed by atoms with van der Waals surface area (Å²) in [5.41, 5.74) is -0.142. The van der Waals surface area contributed by atoms with Gasteiger partial charge in [0, 0.05) is 6.26 Å². The fourth-order valence-electron chi connectivity index (χ4n) is 1.80. The zero-order valence-electron chi connectivity index (χ0n) is 13.2. The number of anilines is 1. The second-order valence-electron chi connectivity index (χ2n) is 4.83. The second-order valence-corrected chi connectivity index (χ2v) is 9.91. The number of benzene rings is 2. The molecule has 0 aliphatic rings. The second kappa shape index (κ2) is 7.49. The Balaban J connectivity index is 0.00000312. The first kappa shape index (κ1) is 21.7. The van der Waals surface area contributed by atoms with Crippen molar-refractivity contribution >= 4 is 35.7 Å². The first-order valence-electron chi connectivity index (χ1n) is 6.28. The van der Waals surface area contributed by atoms with Gasteiger partial charge >= 0.3 is 18.9 Å². The molecule has 0 aliphatic carbocycles. The minimum Gasteiger partial charge on any atom is -0.744 e. The maximum absolute atomic E-state index is 12.3. The van der Waals surface area contributed by atoms with Crippen molar-refractivity contribution in [2.45, 2.75) is 14.7 Å². The smallest absolute Gasteiger partial charge is 0.744 e. The fourth-order valence-corrected chi connectivity index (χ4v) is 4.15. The Bertz CT molecular complexity index is 1090. The van der Waals surface area contributed by atoms with Gasteiger partial charge in [-0.15, -0.1) is 0 Å². The van der Waals surface area contributed by atoms with Crippen molar-refractivity contribution in [3.8, 4) is 0 Å². The molecule has 2 rings (SSSR count). The maximum Gasteiger partial charge on any atom is 1.00 e. The molecule has 8 nitrogen and oxygen atoms in total. The molecule has 0 aliphatic heterocycles. The largest absolute Gasteiger partial charge is 1.00 e. The van der Waals surface area contributed by atoms with Crippen LogP contribution in [-0.4, -0.2) is 36.1 Å². The van der Waals surface area contributed by atoms with Gasteiger partial charge in [0.15, 0.2) is 9.84 Å². The molecule has 0 unspecified atom stereocenters. The summed E-state index contributed by atoms with van der Waals surface area (Å²) < 4.78 is 82.7. The van der Waals surface area contributed by atoms with E-state index in [0.29, 0.717) is 0 Å². The molecule has 25 heavy (non-hydrogen) atoms. The molecular formula is C13H12LiNO7S3. The quantitative estimate of drug-likeness (QED) is 0.446. The topological polar surface area (TPSA) is 138 Å². The van der Waals surface area contributed by atoms with Gasteiger partial charge in [-0.1, -0.05) is 12.1 Å². The Morgan fingerprint density at radius 2 is 1.32 bits per heavy atom. The standard InChI is InChI=1S/C13H13NO7S3.Li/c1-22(15,16)11-5-3-6-12(9-11)23(17,18)14-10-4-2-7-13(8-10)24(19,20)21;/h2-9,14H,1H3,(H,19,20,21);/q;+1/p-1. The van der Waals surface area contributed by atoms with E-state index in [9.17, 15) is 29.8 Å². The predicted octanol–water partition coefficient (Wildman–Crippen LogP) is -2.20. The fraction of sp³-hybridized carbons (Fsp3) is 0.0769. The summed E-state index contributed by atoms with van der Waals surface area (Å²) in [5, 5.41) is 0. The summed E-state index contributed by atoms with van der Waals surface area (Å²) in [6.07, 6.45) is 0.939. The van der Waals surface area contributed by atoms with Crippen LogP contribution in [0.25, 0.3) is 0 Å². The van der Waals surface area contributed by atoms with Crippen LogP contribution in [-0.2, 0) is 30.0 Å². The molecule has 0 amide bonds. The summed E-state index contributed by atoms with van der Waals surface area (Å²) in [6, 6.07) is 9.05. The molecular weight excluding hydrogens is 385 g/mol. The Morgan fingerprint density at radius 3 is 1.88 bits per heavy atom. The van der Waals surface area contributed by atoms with Gasteiger partial charge in [-0.3, -0.25) is 4.72 Å². The van der Waals surface area contributed by atoms with Gasteiger partial charge in [0.05, 0.1) is 20.4 Å². The van der Waals surface area contributed by atoms with Gasteiger partial charge in [-0.2, -0.15) is 0 Å². The SMILES string of the molecule is CS(=O)(=O)c1cccc(S(=O)(=O)Nc2cccc(S(=O)(=O)[O-])c2)c1.[Li+]. The first-order valence-corrected chi connectivity index (χ1v) is 11.1. The number of hydrogen-bond acceptors (Lipinski definition) is 7. The summed E-state index contributed by atoms with van der Waals surface area (Å²) in [6.45, 7) is 0. The minimum absolute atomic E-state index is 0. The molecule has 0 bridgehead atoms. The van der Waals surface area contributed by atoms with Crippen LogP contribution in [0, 0.1) is 0 Å². The Labute approximate surface area is 158 Å². The van der Waals surface area contributed by atoms with E-state index in [2.05, 4.69) is 4.72 Å². The molecule has 0 heterocycles. The van der Waals surface area contributed by atoms with Crippen molar-refractivity contribution in [3.05, 3.63) is 48.5 Å². The Morgan fingerprint density at radius 1 is 0.800 bits per heavy atom. The first-order chi connectivity index (χ1) is 10.9. The zero-order valence-corrected chi connectivity index (χ0v) is 15.7. The number of rotatable bonds is 5. The van der Waals surface area contributed by atoms with E-state index in [0.717, 1.165) is 24.5 Å². The van der Waals surface area contributed by atoms with Crippen LogP contribution >= 0.6 is 0 Å². The molecule has 12 heteroatoms. The molecule has 0 fully saturated rings. The van der Waals surface area contributed by atoms with Crippen LogP contribution in [0.15, 0.2) is 63.2 Å². The van der Waals surface area contributed by atoms with Gasteiger partial charge in [0.2, 0.25) is 0 Å². The van der Waals surface area contributed by atoms with Crippen LogP contribution in [0.5, 0.6) is 0 Å². The van der Waals surface area contributed by atoms with E-state index >= 15 is 0 Å². The number of nitrogens with one attached hydrogen (secondary N) is 1.